The van der Waals surface area contributed by atoms with Crippen molar-refractivity contribution >= 4 is 22.9 Å². The highest BCUT2D eigenvalue weighted by atomic mass is 16.5. The number of benzene rings is 2. The van der Waals surface area contributed by atoms with Gasteiger partial charge in [-0.25, -0.2) is 9.59 Å². The number of carbonyl (C=O) groups excluding carboxylic acids is 1. The molecule has 0 aliphatic heterocycles. The van der Waals surface area contributed by atoms with Crippen molar-refractivity contribution in [3.05, 3.63) is 64.8 Å². The summed E-state index contributed by atoms with van der Waals surface area (Å²) in [5.41, 5.74) is 4.52. The van der Waals surface area contributed by atoms with Gasteiger partial charge in [-0.2, -0.15) is 0 Å². The molecule has 7 heteroatoms. The molecule has 0 aliphatic rings. The lowest BCUT2D eigenvalue weighted by Crippen LogP contribution is -2.40. The van der Waals surface area contributed by atoms with Crippen LogP contribution in [0.5, 0.6) is 5.75 Å². The average Bonchev–Trinajstić information content (AvgIpc) is 3.02. The lowest BCUT2D eigenvalue weighted by Gasteiger charge is -2.18. The Kier molecular flexibility index (Phi) is 6.53. The molecule has 2 amide bonds. The number of nitrogens with one attached hydrogen (secondary N) is 1. The second-order valence-corrected chi connectivity index (χ2v) is 8.07. The van der Waals surface area contributed by atoms with Gasteiger partial charge in [0.25, 0.3) is 0 Å². The van der Waals surface area contributed by atoms with Crippen LogP contribution < -0.4 is 10.1 Å². The first-order chi connectivity index (χ1) is 14.7. The minimum atomic E-state index is -0.977. The number of carboxylic acid groups (broad SMARTS) is 1. The zero-order valence-electron chi connectivity index (χ0n) is 18.6. The predicted octanol–water partition coefficient (Wildman–Crippen LogP) is 3.68. The fourth-order valence-electron chi connectivity index (χ4n) is 3.76. The monoisotopic (exact) mass is 423 g/mol. The molecule has 0 spiro atoms. The van der Waals surface area contributed by atoms with Gasteiger partial charge in [0.1, 0.15) is 5.75 Å². The second-order valence-electron chi connectivity index (χ2n) is 8.07. The van der Waals surface area contributed by atoms with Gasteiger partial charge >= 0.3 is 12.0 Å². The minimum Gasteiger partial charge on any atom is -0.496 e. The Morgan fingerprint density at radius 2 is 1.90 bits per heavy atom. The maximum atomic E-state index is 11.9. The fourth-order valence-corrected chi connectivity index (χ4v) is 3.76. The number of aromatic carboxylic acids is 1. The Morgan fingerprint density at radius 1 is 1.16 bits per heavy atom. The van der Waals surface area contributed by atoms with E-state index < -0.39 is 5.97 Å². The number of hydrogen-bond acceptors (Lipinski definition) is 3. The Balaban J connectivity index is 1.89. The van der Waals surface area contributed by atoms with E-state index in [-0.39, 0.29) is 17.6 Å². The minimum absolute atomic E-state index is 0.00293. The van der Waals surface area contributed by atoms with Crippen molar-refractivity contribution in [3.63, 3.8) is 0 Å². The molecule has 1 aromatic heterocycles. The predicted molar refractivity (Wildman–Crippen MR) is 121 cm³/mol. The van der Waals surface area contributed by atoms with Crippen LogP contribution in [0.1, 0.15) is 34.0 Å². The number of hydrogen-bond donors (Lipinski definition) is 2. The van der Waals surface area contributed by atoms with Crippen LogP contribution in [0.25, 0.3) is 10.9 Å². The van der Waals surface area contributed by atoms with Gasteiger partial charge in [0, 0.05) is 50.7 Å². The molecule has 164 valence electrons. The maximum absolute atomic E-state index is 11.9. The summed E-state index contributed by atoms with van der Waals surface area (Å²) in [6, 6.07) is 11.2. The largest absolute Gasteiger partial charge is 0.496 e. The molecule has 0 aliphatic carbocycles. The Morgan fingerprint density at radius 3 is 2.55 bits per heavy atom. The van der Waals surface area contributed by atoms with E-state index in [9.17, 15) is 14.7 Å². The van der Waals surface area contributed by atoms with Gasteiger partial charge in [-0.3, -0.25) is 0 Å². The molecule has 3 rings (SSSR count). The number of ether oxygens (including phenoxy) is 1. The molecule has 1 heterocycles. The van der Waals surface area contributed by atoms with Crippen molar-refractivity contribution in [3.8, 4) is 5.75 Å². The van der Waals surface area contributed by atoms with Gasteiger partial charge in [0.2, 0.25) is 0 Å². The third-order valence-electron chi connectivity index (χ3n) is 5.37. The van der Waals surface area contributed by atoms with Crippen LogP contribution in [0, 0.1) is 0 Å². The molecular formula is C24H29N3O4. The van der Waals surface area contributed by atoms with E-state index >= 15 is 0 Å². The number of nitrogens with zero attached hydrogens (tertiary/aromatic N) is 2. The Hall–Kier alpha value is -3.48. The van der Waals surface area contributed by atoms with Crippen molar-refractivity contribution in [1.82, 2.24) is 14.8 Å². The van der Waals surface area contributed by atoms with Gasteiger partial charge < -0.3 is 24.6 Å². The molecule has 1 unspecified atom stereocenters. The van der Waals surface area contributed by atoms with E-state index in [1.54, 1.807) is 33.3 Å². The van der Waals surface area contributed by atoms with Crippen LogP contribution in [-0.2, 0) is 19.9 Å². The van der Waals surface area contributed by atoms with Gasteiger partial charge in [0.05, 0.1) is 12.7 Å². The first-order valence-electron chi connectivity index (χ1n) is 10.1. The molecule has 0 saturated heterocycles. The summed E-state index contributed by atoms with van der Waals surface area (Å²) in [6.45, 7) is 1.99. The molecule has 0 fully saturated rings. The van der Waals surface area contributed by atoms with Crippen molar-refractivity contribution in [2.45, 2.75) is 25.8 Å². The lowest BCUT2D eigenvalue weighted by atomic mass is 9.99. The highest BCUT2D eigenvalue weighted by Gasteiger charge is 2.15. The molecule has 7 nitrogen and oxygen atoms in total. The van der Waals surface area contributed by atoms with Crippen LogP contribution in [0.3, 0.4) is 0 Å². The fraction of sp³-hybridized carbons (Fsp3) is 0.333. The van der Waals surface area contributed by atoms with Crippen molar-refractivity contribution in [2.75, 3.05) is 21.2 Å². The topological polar surface area (TPSA) is 83.8 Å². The van der Waals surface area contributed by atoms with Gasteiger partial charge in [0.15, 0.2) is 0 Å². The summed E-state index contributed by atoms with van der Waals surface area (Å²) < 4.78 is 7.53. The van der Waals surface area contributed by atoms with Crippen LogP contribution in [0.15, 0.2) is 42.6 Å². The van der Waals surface area contributed by atoms with Gasteiger partial charge in [-0.05, 0) is 54.3 Å². The highest BCUT2D eigenvalue weighted by Crippen LogP contribution is 2.29. The van der Waals surface area contributed by atoms with Gasteiger partial charge in [-0.1, -0.05) is 12.1 Å². The van der Waals surface area contributed by atoms with Crippen molar-refractivity contribution < 1.29 is 19.4 Å². The zero-order valence-corrected chi connectivity index (χ0v) is 18.6. The molecular weight excluding hydrogens is 394 g/mol. The number of rotatable bonds is 7. The number of methoxy groups -OCH3 is 1. The average molecular weight is 424 g/mol. The third-order valence-corrected chi connectivity index (χ3v) is 5.37. The summed E-state index contributed by atoms with van der Waals surface area (Å²) in [6.07, 6.45) is 3.44. The summed E-state index contributed by atoms with van der Waals surface area (Å²) in [5, 5.41) is 13.3. The molecule has 3 aromatic rings. The molecule has 0 saturated carbocycles. The van der Waals surface area contributed by atoms with E-state index in [4.69, 9.17) is 4.74 Å². The molecule has 2 N–H and O–H groups in total. The Labute approximate surface area is 182 Å². The second kappa shape index (κ2) is 9.12. The molecule has 1 atom stereocenters. The van der Waals surface area contributed by atoms with E-state index in [1.165, 1.54) is 4.90 Å². The van der Waals surface area contributed by atoms with Crippen LogP contribution in [0.2, 0.25) is 0 Å². The summed E-state index contributed by atoms with van der Waals surface area (Å²) >= 11 is 0. The highest BCUT2D eigenvalue weighted by molar-refractivity contribution is 5.88. The lowest BCUT2D eigenvalue weighted by molar-refractivity contribution is 0.0696. The normalized spacial score (nSPS) is 11.9. The van der Waals surface area contributed by atoms with Crippen LogP contribution in [0.4, 0.5) is 4.79 Å². The summed E-state index contributed by atoms with van der Waals surface area (Å²) in [4.78, 5) is 24.7. The standard InChI is InChI=1S/C24H29N3O4/c1-15(25-24(30)26(2)3)10-16-6-9-21-20(11-16)19(14-27(21)4)12-17-7-8-18(23(28)29)13-22(17)31-5/h6-9,11,13-15H,10,12H2,1-5H3,(H,25,30)(H,28,29). The molecule has 0 bridgehead atoms. The Bertz CT molecular complexity index is 1120. The third kappa shape index (κ3) is 4.99. The SMILES string of the molecule is COc1cc(C(=O)O)ccc1Cc1cn(C)c2ccc(CC(C)NC(=O)N(C)C)cc12. The van der Waals surface area contributed by atoms with Crippen molar-refractivity contribution in [1.29, 1.82) is 0 Å². The van der Waals surface area contributed by atoms with E-state index in [2.05, 4.69) is 34.3 Å². The number of fused-ring (bicyclic) bond motifs is 1. The zero-order chi connectivity index (χ0) is 22.7. The maximum Gasteiger partial charge on any atom is 0.335 e. The molecule has 31 heavy (non-hydrogen) atoms. The number of carbonyl (C=O) groups is 2. The van der Waals surface area contributed by atoms with E-state index in [0.717, 1.165) is 34.0 Å². The number of carboxylic acids is 1. The number of aromatic nitrogens is 1. The molecule has 2 aromatic carbocycles. The molecule has 0 radical (unpaired) electrons. The number of amides is 2. The van der Waals surface area contributed by atoms with E-state index in [0.29, 0.717) is 12.2 Å². The number of aryl methyl sites for hydroxylation is 1. The van der Waals surface area contributed by atoms with Crippen molar-refractivity contribution in [2.24, 2.45) is 7.05 Å². The van der Waals surface area contributed by atoms with Crippen LogP contribution >= 0.6 is 0 Å². The van der Waals surface area contributed by atoms with Gasteiger partial charge in [-0.15, -0.1) is 0 Å². The number of urea groups is 1. The summed E-state index contributed by atoms with van der Waals surface area (Å²) in [5.74, 6) is -0.414. The summed E-state index contributed by atoms with van der Waals surface area (Å²) in [7, 11) is 7.01. The smallest absolute Gasteiger partial charge is 0.335 e. The first-order valence-corrected chi connectivity index (χ1v) is 10.1. The first kappa shape index (κ1) is 22.2. The van der Waals surface area contributed by atoms with Crippen LogP contribution in [-0.4, -0.2) is 53.8 Å². The quantitative estimate of drug-likeness (QED) is 0.607. The van der Waals surface area contributed by atoms with E-state index in [1.807, 2.05) is 20.0 Å².